The lowest BCUT2D eigenvalue weighted by Gasteiger charge is -2.48. The Bertz CT molecular complexity index is 605. The smallest absolute Gasteiger partial charge is 0.245 e. The van der Waals surface area contributed by atoms with Crippen LogP contribution in [0.4, 0.5) is 5.95 Å². The van der Waals surface area contributed by atoms with Crippen LogP contribution in [0, 0.1) is 0 Å². The second kappa shape index (κ2) is 5.15. The summed E-state index contributed by atoms with van der Waals surface area (Å²) in [7, 11) is 1.82. The molecule has 0 bridgehead atoms. The molecule has 1 aliphatic carbocycles. The van der Waals surface area contributed by atoms with Gasteiger partial charge in [-0.05, 0) is 49.5 Å². The van der Waals surface area contributed by atoms with Gasteiger partial charge in [0.15, 0.2) is 0 Å². The van der Waals surface area contributed by atoms with E-state index >= 15 is 0 Å². The molecule has 3 heterocycles. The van der Waals surface area contributed by atoms with Crippen LogP contribution in [-0.4, -0.2) is 56.4 Å². The summed E-state index contributed by atoms with van der Waals surface area (Å²) in [5.41, 5.74) is -0.0872. The molecule has 0 aromatic carbocycles. The van der Waals surface area contributed by atoms with Gasteiger partial charge in [-0.3, -0.25) is 4.79 Å². The van der Waals surface area contributed by atoms with Crippen LogP contribution < -0.4 is 10.2 Å². The van der Waals surface area contributed by atoms with Crippen LogP contribution >= 0.6 is 0 Å². The summed E-state index contributed by atoms with van der Waals surface area (Å²) < 4.78 is 7.76. The molecule has 1 atom stereocenters. The molecule has 3 aliphatic rings. The number of anilines is 1. The van der Waals surface area contributed by atoms with E-state index in [2.05, 4.69) is 32.7 Å². The lowest BCUT2D eigenvalue weighted by atomic mass is 9.78. The van der Waals surface area contributed by atoms with Crippen molar-refractivity contribution >= 4 is 11.9 Å². The van der Waals surface area contributed by atoms with Gasteiger partial charge in [-0.15, -0.1) is 0 Å². The van der Waals surface area contributed by atoms with E-state index in [4.69, 9.17) is 4.74 Å². The van der Waals surface area contributed by atoms with Gasteiger partial charge in [-0.25, -0.2) is 4.68 Å². The van der Waals surface area contributed by atoms with Gasteiger partial charge in [0, 0.05) is 20.1 Å². The van der Waals surface area contributed by atoms with Crippen LogP contribution in [-0.2, 0) is 16.6 Å². The molecule has 2 aliphatic heterocycles. The zero-order valence-electron chi connectivity index (χ0n) is 13.8. The van der Waals surface area contributed by atoms with E-state index in [1.165, 1.54) is 19.3 Å². The Morgan fingerprint density at radius 2 is 2.17 bits per heavy atom. The molecule has 1 aromatic rings. The van der Waals surface area contributed by atoms with Crippen molar-refractivity contribution in [2.45, 2.75) is 62.7 Å². The summed E-state index contributed by atoms with van der Waals surface area (Å²) in [6.45, 7) is 3.51. The second-order valence-electron chi connectivity index (χ2n) is 7.59. The largest absolute Gasteiger partial charge is 0.371 e. The Balaban J connectivity index is 1.26. The van der Waals surface area contributed by atoms with E-state index in [1.807, 2.05) is 7.05 Å². The lowest BCUT2D eigenvalue weighted by molar-refractivity contribution is -0.130. The minimum atomic E-state index is -0.213. The highest BCUT2D eigenvalue weighted by Gasteiger charge is 2.46. The number of aryl methyl sites for hydroxylation is 1. The maximum absolute atomic E-state index is 12.3. The van der Waals surface area contributed by atoms with Gasteiger partial charge in [-0.1, -0.05) is 5.10 Å². The highest BCUT2D eigenvalue weighted by Crippen LogP contribution is 2.46. The van der Waals surface area contributed by atoms with Crippen LogP contribution in [0.5, 0.6) is 0 Å². The second-order valence-corrected chi connectivity index (χ2v) is 7.59. The number of ether oxygens (including phenoxy) is 1. The van der Waals surface area contributed by atoms with Crippen LogP contribution in [0.25, 0.3) is 0 Å². The first-order valence-corrected chi connectivity index (χ1v) is 8.43. The van der Waals surface area contributed by atoms with Gasteiger partial charge in [0.1, 0.15) is 0 Å². The Kier molecular flexibility index (Phi) is 3.33. The molecule has 0 radical (unpaired) electrons. The van der Waals surface area contributed by atoms with Crippen molar-refractivity contribution in [2.24, 2.45) is 7.05 Å². The predicted molar refractivity (Wildman–Crippen MR) is 82.9 cm³/mol. The number of nitrogens with zero attached hydrogens (tertiary/aromatic N) is 5. The maximum atomic E-state index is 12.3. The summed E-state index contributed by atoms with van der Waals surface area (Å²) in [5, 5.41) is 14.6. The Morgan fingerprint density at radius 3 is 2.74 bits per heavy atom. The Labute approximate surface area is 135 Å². The average molecular weight is 320 g/mol. The number of rotatable bonds is 4. The van der Waals surface area contributed by atoms with Gasteiger partial charge in [0.25, 0.3) is 0 Å². The fourth-order valence-electron chi connectivity index (χ4n) is 4.08. The van der Waals surface area contributed by atoms with Gasteiger partial charge in [-0.2, -0.15) is 0 Å². The quantitative estimate of drug-likeness (QED) is 0.864. The molecule has 8 nitrogen and oxygen atoms in total. The highest BCUT2D eigenvalue weighted by atomic mass is 16.5. The molecule has 2 saturated heterocycles. The van der Waals surface area contributed by atoms with Gasteiger partial charge in [0.2, 0.25) is 11.9 Å². The average Bonchev–Trinajstić information content (AvgIpc) is 3.01. The molecular formula is C15H24N6O2. The molecule has 1 amide bonds. The molecule has 1 unspecified atom stereocenters. The third kappa shape index (κ3) is 2.69. The van der Waals surface area contributed by atoms with Crippen LogP contribution in [0.3, 0.4) is 0 Å². The van der Waals surface area contributed by atoms with E-state index in [1.54, 1.807) is 4.68 Å². The molecule has 1 spiro atoms. The van der Waals surface area contributed by atoms with Crippen molar-refractivity contribution in [1.82, 2.24) is 25.5 Å². The molecule has 1 aromatic heterocycles. The first kappa shape index (κ1) is 14.9. The number of amides is 1. The van der Waals surface area contributed by atoms with Crippen LogP contribution in [0.15, 0.2) is 0 Å². The molecule has 4 rings (SSSR count). The summed E-state index contributed by atoms with van der Waals surface area (Å²) in [5.74, 6) is 0.826. The van der Waals surface area contributed by atoms with Crippen LogP contribution in [0.2, 0.25) is 0 Å². The highest BCUT2D eigenvalue weighted by molar-refractivity contribution is 5.78. The van der Waals surface area contributed by atoms with Gasteiger partial charge >= 0.3 is 0 Å². The predicted octanol–water partition coefficient (Wildman–Crippen LogP) is 0.397. The van der Waals surface area contributed by atoms with Crippen LogP contribution in [0.1, 0.15) is 45.4 Å². The third-order valence-corrected chi connectivity index (χ3v) is 5.42. The number of tetrazole rings is 1. The van der Waals surface area contributed by atoms with E-state index in [0.29, 0.717) is 6.42 Å². The van der Waals surface area contributed by atoms with Crippen molar-refractivity contribution in [3.05, 3.63) is 0 Å². The van der Waals surface area contributed by atoms with Gasteiger partial charge < -0.3 is 15.0 Å². The summed E-state index contributed by atoms with van der Waals surface area (Å²) >= 11 is 0. The minimum Gasteiger partial charge on any atom is -0.371 e. The molecule has 1 saturated carbocycles. The summed E-state index contributed by atoms with van der Waals surface area (Å²) in [6.07, 6.45) is 6.31. The summed E-state index contributed by atoms with van der Waals surface area (Å²) in [6, 6.07) is 0. The van der Waals surface area contributed by atoms with E-state index in [-0.39, 0.29) is 23.2 Å². The number of aromatic nitrogens is 4. The molecule has 126 valence electrons. The maximum Gasteiger partial charge on any atom is 0.245 e. The zero-order valence-corrected chi connectivity index (χ0v) is 13.8. The molecule has 23 heavy (non-hydrogen) atoms. The van der Waals surface area contributed by atoms with E-state index in [0.717, 1.165) is 31.9 Å². The topological polar surface area (TPSA) is 85.2 Å². The number of hydrogen-bond donors (Lipinski definition) is 1. The SMILES string of the molecule is Cn1nnnc1N1CC(C)(NC(=O)CC2CCC3(CCC3)O2)C1. The lowest BCUT2D eigenvalue weighted by Crippen LogP contribution is -2.69. The van der Waals surface area contributed by atoms with Crippen molar-refractivity contribution < 1.29 is 9.53 Å². The Morgan fingerprint density at radius 1 is 1.39 bits per heavy atom. The molecular weight excluding hydrogens is 296 g/mol. The molecule has 8 heteroatoms. The third-order valence-electron chi connectivity index (χ3n) is 5.42. The zero-order chi connectivity index (χ0) is 16.1. The van der Waals surface area contributed by atoms with Crippen molar-refractivity contribution in [2.75, 3.05) is 18.0 Å². The monoisotopic (exact) mass is 320 g/mol. The molecule has 1 N–H and O–H groups in total. The fourth-order valence-corrected chi connectivity index (χ4v) is 4.08. The minimum absolute atomic E-state index is 0.0876. The van der Waals surface area contributed by atoms with Crippen molar-refractivity contribution in [1.29, 1.82) is 0 Å². The van der Waals surface area contributed by atoms with E-state index in [9.17, 15) is 4.79 Å². The standard InChI is InChI=1S/C15H24N6O2/c1-14(9-21(10-14)13-17-18-19-20(13)2)16-12(22)8-11-4-7-15(23-11)5-3-6-15/h11H,3-10H2,1-2H3,(H,16,22). The number of carbonyl (C=O) groups excluding carboxylic acids is 1. The number of hydrogen-bond acceptors (Lipinski definition) is 6. The first-order valence-electron chi connectivity index (χ1n) is 8.43. The summed E-state index contributed by atoms with van der Waals surface area (Å²) in [4.78, 5) is 14.4. The fraction of sp³-hybridized carbons (Fsp3) is 0.867. The Hall–Kier alpha value is -1.70. The first-order chi connectivity index (χ1) is 11.0. The van der Waals surface area contributed by atoms with Crippen molar-refractivity contribution in [3.63, 3.8) is 0 Å². The number of carbonyl (C=O) groups is 1. The number of nitrogens with one attached hydrogen (secondary N) is 1. The van der Waals surface area contributed by atoms with Gasteiger partial charge in [0.05, 0.1) is 23.7 Å². The van der Waals surface area contributed by atoms with E-state index < -0.39 is 0 Å². The van der Waals surface area contributed by atoms with Crippen molar-refractivity contribution in [3.8, 4) is 0 Å². The molecule has 3 fully saturated rings. The normalized spacial score (nSPS) is 27.6.